The topological polar surface area (TPSA) is 27.7 Å². The summed E-state index contributed by atoms with van der Waals surface area (Å²) in [6.07, 6.45) is 8.71. The summed E-state index contributed by atoms with van der Waals surface area (Å²) in [5, 5.41) is 0. The molecule has 0 saturated carbocycles. The van der Waals surface area contributed by atoms with Crippen molar-refractivity contribution in [2.45, 2.75) is 91.5 Å². The number of halogens is 3. The van der Waals surface area contributed by atoms with Gasteiger partial charge in [-0.25, -0.2) is 13.2 Å². The number of hydrogen-bond acceptors (Lipinski definition) is 3. The van der Waals surface area contributed by atoms with Crippen LogP contribution in [0.3, 0.4) is 0 Å². The molecule has 3 nitrogen and oxygen atoms in total. The standard InChI is InChI=1S/C24H39F3O3/c1-5-9-10-11-12-13-14-20(24(28-6-2,29-7-3)30-8-4)16-15-19-17-21(25)23(27)22(26)18-19/h17-18,20H,5-16H2,1-4H3. The van der Waals surface area contributed by atoms with Crippen molar-refractivity contribution in [2.75, 3.05) is 19.8 Å². The Kier molecular flexibility index (Phi) is 13.3. The second kappa shape index (κ2) is 14.8. The van der Waals surface area contributed by atoms with Gasteiger partial charge in [-0.1, -0.05) is 45.4 Å². The smallest absolute Gasteiger partial charge is 0.285 e. The van der Waals surface area contributed by atoms with Crippen molar-refractivity contribution in [1.82, 2.24) is 0 Å². The van der Waals surface area contributed by atoms with E-state index in [2.05, 4.69) is 6.92 Å². The number of ether oxygens (including phenoxy) is 3. The molecule has 6 heteroatoms. The van der Waals surface area contributed by atoms with E-state index in [1.165, 1.54) is 25.7 Å². The van der Waals surface area contributed by atoms with E-state index in [9.17, 15) is 13.2 Å². The largest absolute Gasteiger partial charge is 0.328 e. The Labute approximate surface area is 180 Å². The van der Waals surface area contributed by atoms with E-state index in [1.807, 2.05) is 20.8 Å². The lowest BCUT2D eigenvalue weighted by atomic mass is 9.91. The van der Waals surface area contributed by atoms with E-state index in [0.29, 0.717) is 38.2 Å². The maximum atomic E-state index is 13.6. The molecule has 174 valence electrons. The molecule has 0 radical (unpaired) electrons. The van der Waals surface area contributed by atoms with Gasteiger partial charge in [-0.2, -0.15) is 0 Å². The van der Waals surface area contributed by atoms with E-state index < -0.39 is 23.4 Å². The van der Waals surface area contributed by atoms with Gasteiger partial charge in [0.1, 0.15) is 0 Å². The normalized spacial score (nSPS) is 13.0. The van der Waals surface area contributed by atoms with Crippen LogP contribution in [0.4, 0.5) is 13.2 Å². The minimum atomic E-state index is -1.44. The second-order valence-electron chi connectivity index (χ2n) is 7.57. The molecule has 1 atom stereocenters. The zero-order valence-electron chi connectivity index (χ0n) is 19.1. The van der Waals surface area contributed by atoms with E-state index in [4.69, 9.17) is 14.2 Å². The number of hydrogen-bond donors (Lipinski definition) is 0. The van der Waals surface area contributed by atoms with E-state index >= 15 is 0 Å². The van der Waals surface area contributed by atoms with Gasteiger partial charge in [-0.05, 0) is 57.7 Å². The Morgan fingerprint density at radius 3 is 1.73 bits per heavy atom. The van der Waals surface area contributed by atoms with Gasteiger partial charge in [-0.3, -0.25) is 0 Å². The zero-order chi connectivity index (χ0) is 22.4. The highest BCUT2D eigenvalue weighted by atomic mass is 19.2. The Morgan fingerprint density at radius 1 is 0.733 bits per heavy atom. The Morgan fingerprint density at radius 2 is 1.23 bits per heavy atom. The predicted octanol–water partition coefficient (Wildman–Crippen LogP) is 7.17. The van der Waals surface area contributed by atoms with E-state index in [-0.39, 0.29) is 5.92 Å². The molecular formula is C24H39F3O3. The number of aryl methyl sites for hydroxylation is 1. The van der Waals surface area contributed by atoms with Gasteiger partial charge < -0.3 is 14.2 Å². The lowest BCUT2D eigenvalue weighted by Gasteiger charge is -2.39. The molecule has 0 aliphatic carbocycles. The van der Waals surface area contributed by atoms with Crippen molar-refractivity contribution in [1.29, 1.82) is 0 Å². The highest BCUT2D eigenvalue weighted by Gasteiger charge is 2.41. The summed E-state index contributed by atoms with van der Waals surface area (Å²) >= 11 is 0. The second-order valence-corrected chi connectivity index (χ2v) is 7.57. The van der Waals surface area contributed by atoms with Crippen LogP contribution in [0.25, 0.3) is 0 Å². The molecule has 0 N–H and O–H groups in total. The molecule has 30 heavy (non-hydrogen) atoms. The van der Waals surface area contributed by atoms with E-state index in [0.717, 1.165) is 31.4 Å². The minimum Gasteiger partial charge on any atom is -0.328 e. The highest BCUT2D eigenvalue weighted by Crippen LogP contribution is 2.34. The first-order valence-electron chi connectivity index (χ1n) is 11.5. The quantitative estimate of drug-likeness (QED) is 0.148. The number of benzene rings is 1. The molecule has 0 spiro atoms. The fraction of sp³-hybridized carbons (Fsp3) is 0.750. The summed E-state index contributed by atoms with van der Waals surface area (Å²) in [6, 6.07) is 2.12. The SMILES string of the molecule is CCCCCCCCC(CCc1cc(F)c(F)c(F)c1)C(OCC)(OCC)OCC. The van der Waals surface area contributed by atoms with Crippen molar-refractivity contribution in [3.8, 4) is 0 Å². The van der Waals surface area contributed by atoms with Crippen LogP contribution in [0.2, 0.25) is 0 Å². The van der Waals surface area contributed by atoms with Crippen LogP contribution in [-0.4, -0.2) is 25.8 Å². The predicted molar refractivity (Wildman–Crippen MR) is 114 cm³/mol. The average molecular weight is 433 g/mol. The highest BCUT2D eigenvalue weighted by molar-refractivity contribution is 5.19. The van der Waals surface area contributed by atoms with Gasteiger partial charge in [0.2, 0.25) is 0 Å². The molecule has 0 amide bonds. The molecule has 1 unspecified atom stereocenters. The summed E-state index contributed by atoms with van der Waals surface area (Å²) in [5.74, 6) is -5.06. The first-order valence-corrected chi connectivity index (χ1v) is 11.5. The monoisotopic (exact) mass is 432 g/mol. The molecule has 0 aliphatic heterocycles. The first kappa shape index (κ1) is 26.9. The molecule has 1 aromatic carbocycles. The van der Waals surface area contributed by atoms with Crippen molar-refractivity contribution in [3.05, 3.63) is 35.1 Å². The minimum absolute atomic E-state index is 0.111. The van der Waals surface area contributed by atoms with Crippen molar-refractivity contribution in [3.63, 3.8) is 0 Å². The fourth-order valence-electron chi connectivity index (χ4n) is 3.84. The average Bonchev–Trinajstić information content (AvgIpc) is 2.71. The third-order valence-electron chi connectivity index (χ3n) is 5.27. The molecule has 1 rings (SSSR count). The summed E-state index contributed by atoms with van der Waals surface area (Å²) in [5.41, 5.74) is 0.415. The van der Waals surface area contributed by atoms with Crippen LogP contribution in [0.5, 0.6) is 0 Å². The lowest BCUT2D eigenvalue weighted by Crippen LogP contribution is -2.47. The summed E-state index contributed by atoms with van der Waals surface area (Å²) in [4.78, 5) is 0. The number of unbranched alkanes of at least 4 members (excludes halogenated alkanes) is 5. The third-order valence-corrected chi connectivity index (χ3v) is 5.27. The Bertz CT molecular complexity index is 555. The van der Waals surface area contributed by atoms with Gasteiger partial charge in [0, 0.05) is 25.7 Å². The van der Waals surface area contributed by atoms with Crippen LogP contribution in [0, 0.1) is 23.4 Å². The molecule has 0 heterocycles. The maximum absolute atomic E-state index is 13.6. The molecule has 0 fully saturated rings. The van der Waals surface area contributed by atoms with Gasteiger partial charge in [0.05, 0.1) is 0 Å². The molecular weight excluding hydrogens is 393 g/mol. The molecule has 0 bridgehead atoms. The summed E-state index contributed by atoms with van der Waals surface area (Å²) in [6.45, 7) is 9.13. The van der Waals surface area contributed by atoms with Crippen LogP contribution < -0.4 is 0 Å². The van der Waals surface area contributed by atoms with Crippen LogP contribution >= 0.6 is 0 Å². The van der Waals surface area contributed by atoms with E-state index in [1.54, 1.807) is 0 Å². The summed E-state index contributed by atoms with van der Waals surface area (Å²) in [7, 11) is 0. The number of rotatable bonds is 17. The van der Waals surface area contributed by atoms with Crippen molar-refractivity contribution >= 4 is 0 Å². The Balaban J connectivity index is 2.93. The van der Waals surface area contributed by atoms with Gasteiger partial charge in [0.15, 0.2) is 17.5 Å². The molecule has 1 aromatic rings. The van der Waals surface area contributed by atoms with Gasteiger partial charge >= 0.3 is 0 Å². The van der Waals surface area contributed by atoms with Crippen LogP contribution in [0.15, 0.2) is 12.1 Å². The van der Waals surface area contributed by atoms with Crippen LogP contribution in [-0.2, 0) is 20.6 Å². The Hall–Kier alpha value is -1.11. The lowest BCUT2D eigenvalue weighted by molar-refractivity contribution is -0.403. The summed E-state index contributed by atoms with van der Waals surface area (Å²) < 4.78 is 58.4. The molecule has 0 saturated heterocycles. The molecule has 0 aromatic heterocycles. The molecule has 0 aliphatic rings. The van der Waals surface area contributed by atoms with Gasteiger partial charge in [0.25, 0.3) is 5.97 Å². The maximum Gasteiger partial charge on any atom is 0.285 e. The van der Waals surface area contributed by atoms with Crippen molar-refractivity contribution < 1.29 is 27.4 Å². The third kappa shape index (κ3) is 8.56. The van der Waals surface area contributed by atoms with Gasteiger partial charge in [-0.15, -0.1) is 0 Å². The first-order chi connectivity index (χ1) is 14.4. The zero-order valence-corrected chi connectivity index (χ0v) is 19.1. The van der Waals surface area contributed by atoms with Crippen LogP contribution in [0.1, 0.15) is 84.6 Å². The fourth-order valence-corrected chi connectivity index (χ4v) is 3.84. The van der Waals surface area contributed by atoms with Crippen molar-refractivity contribution in [2.24, 2.45) is 5.92 Å².